The highest BCUT2D eigenvalue weighted by molar-refractivity contribution is 5.98. The van der Waals surface area contributed by atoms with Gasteiger partial charge in [0.2, 0.25) is 11.8 Å². The van der Waals surface area contributed by atoms with Crippen molar-refractivity contribution in [1.82, 2.24) is 5.32 Å². The summed E-state index contributed by atoms with van der Waals surface area (Å²) in [5, 5.41) is 2.72. The lowest BCUT2D eigenvalue weighted by Gasteiger charge is -2.24. The minimum Gasteiger partial charge on any atom is -0.366 e. The average molecular weight is 192 g/mol. The summed E-state index contributed by atoms with van der Waals surface area (Å²) in [6.45, 7) is 0. The van der Waals surface area contributed by atoms with E-state index < -0.39 is 5.91 Å². The van der Waals surface area contributed by atoms with Crippen LogP contribution in [0.25, 0.3) is 0 Å². The molecule has 0 radical (unpaired) electrons. The molecule has 0 fully saturated rings. The van der Waals surface area contributed by atoms with Gasteiger partial charge in [-0.15, -0.1) is 0 Å². The summed E-state index contributed by atoms with van der Waals surface area (Å²) in [7, 11) is 0. The van der Waals surface area contributed by atoms with E-state index in [1.807, 2.05) is 0 Å². The molecular formula is C10H12N2O2. The Morgan fingerprint density at radius 3 is 2.86 bits per heavy atom. The molecule has 0 aromatic carbocycles. The second-order valence-electron chi connectivity index (χ2n) is 3.55. The Morgan fingerprint density at radius 2 is 2.14 bits per heavy atom. The van der Waals surface area contributed by atoms with Crippen molar-refractivity contribution in [2.45, 2.75) is 25.7 Å². The highest BCUT2D eigenvalue weighted by Crippen LogP contribution is 2.29. The van der Waals surface area contributed by atoms with E-state index in [0.717, 1.165) is 24.8 Å². The number of hydrogen-bond donors (Lipinski definition) is 2. The molecule has 0 unspecified atom stereocenters. The molecule has 74 valence electrons. The number of carbonyl (C=O) groups excluding carboxylic acids is 2. The molecule has 1 aliphatic carbocycles. The van der Waals surface area contributed by atoms with Gasteiger partial charge in [-0.05, 0) is 24.8 Å². The van der Waals surface area contributed by atoms with Gasteiger partial charge in [-0.25, -0.2) is 0 Å². The molecule has 1 aliphatic heterocycles. The fourth-order valence-electron chi connectivity index (χ4n) is 1.90. The van der Waals surface area contributed by atoms with Gasteiger partial charge in [-0.2, -0.15) is 0 Å². The molecule has 0 saturated carbocycles. The fraction of sp³-hybridized carbons (Fsp3) is 0.400. The largest absolute Gasteiger partial charge is 0.366 e. The van der Waals surface area contributed by atoms with Crippen LogP contribution >= 0.6 is 0 Å². The van der Waals surface area contributed by atoms with E-state index in [0.29, 0.717) is 17.7 Å². The number of nitrogens with two attached hydrogens (primary N) is 1. The zero-order valence-electron chi connectivity index (χ0n) is 7.80. The number of allylic oxidation sites excluding steroid dienone is 2. The third-order valence-electron chi connectivity index (χ3n) is 2.60. The Hall–Kier alpha value is -1.58. The van der Waals surface area contributed by atoms with Crippen LogP contribution in [0.1, 0.15) is 25.7 Å². The SMILES string of the molecule is NC(=O)C1=CCCC2=C1NC(=O)CC2. The lowest BCUT2D eigenvalue weighted by atomic mass is 9.90. The summed E-state index contributed by atoms with van der Waals surface area (Å²) in [6.07, 6.45) is 4.84. The first-order chi connectivity index (χ1) is 6.68. The van der Waals surface area contributed by atoms with Crippen molar-refractivity contribution in [2.75, 3.05) is 0 Å². The van der Waals surface area contributed by atoms with Crippen molar-refractivity contribution in [3.8, 4) is 0 Å². The Bertz CT molecular complexity index is 366. The minimum atomic E-state index is -0.459. The van der Waals surface area contributed by atoms with Gasteiger partial charge in [0.1, 0.15) is 0 Å². The third-order valence-corrected chi connectivity index (χ3v) is 2.60. The molecule has 4 nitrogen and oxygen atoms in total. The van der Waals surface area contributed by atoms with Crippen molar-refractivity contribution < 1.29 is 9.59 Å². The van der Waals surface area contributed by atoms with E-state index in [-0.39, 0.29) is 5.91 Å². The summed E-state index contributed by atoms with van der Waals surface area (Å²) < 4.78 is 0. The predicted octanol–water partition coefficient (Wildman–Crippen LogP) is 0.356. The molecule has 2 aliphatic rings. The molecule has 0 atom stereocenters. The molecule has 1 heterocycles. The highest BCUT2D eigenvalue weighted by atomic mass is 16.2. The van der Waals surface area contributed by atoms with E-state index in [9.17, 15) is 9.59 Å². The summed E-state index contributed by atoms with van der Waals surface area (Å²) in [5.41, 5.74) is 7.52. The standard InChI is InChI=1S/C10H12N2O2/c11-10(14)7-3-1-2-6-4-5-8(13)12-9(6)7/h3H,1-2,4-5H2,(H2,11,14)(H,12,13). The van der Waals surface area contributed by atoms with Crippen molar-refractivity contribution in [1.29, 1.82) is 0 Å². The van der Waals surface area contributed by atoms with Gasteiger partial charge in [-0.3, -0.25) is 9.59 Å². The van der Waals surface area contributed by atoms with Gasteiger partial charge in [0.25, 0.3) is 0 Å². The molecule has 0 aromatic rings. The van der Waals surface area contributed by atoms with E-state index in [1.54, 1.807) is 6.08 Å². The monoisotopic (exact) mass is 192 g/mol. The predicted molar refractivity (Wildman–Crippen MR) is 50.9 cm³/mol. The molecular weight excluding hydrogens is 180 g/mol. The normalized spacial score (nSPS) is 21.1. The maximum absolute atomic E-state index is 11.2. The number of carbonyl (C=O) groups is 2. The van der Waals surface area contributed by atoms with Crippen LogP contribution in [0.5, 0.6) is 0 Å². The van der Waals surface area contributed by atoms with Crippen molar-refractivity contribution >= 4 is 11.8 Å². The molecule has 2 rings (SSSR count). The summed E-state index contributed by atoms with van der Waals surface area (Å²) >= 11 is 0. The number of amides is 2. The molecule has 0 saturated heterocycles. The first kappa shape index (κ1) is 8.99. The van der Waals surface area contributed by atoms with Crippen LogP contribution in [0.15, 0.2) is 22.9 Å². The zero-order chi connectivity index (χ0) is 10.1. The highest BCUT2D eigenvalue weighted by Gasteiger charge is 2.25. The Balaban J connectivity index is 2.36. The average Bonchev–Trinajstić information content (AvgIpc) is 2.16. The quantitative estimate of drug-likeness (QED) is 0.629. The van der Waals surface area contributed by atoms with Gasteiger partial charge < -0.3 is 11.1 Å². The molecule has 0 bridgehead atoms. The summed E-state index contributed by atoms with van der Waals surface area (Å²) in [4.78, 5) is 22.2. The lowest BCUT2D eigenvalue weighted by Crippen LogP contribution is -2.33. The maximum atomic E-state index is 11.2. The maximum Gasteiger partial charge on any atom is 0.250 e. The van der Waals surface area contributed by atoms with Gasteiger partial charge >= 0.3 is 0 Å². The number of primary amides is 1. The van der Waals surface area contributed by atoms with Gasteiger partial charge in [-0.1, -0.05) is 6.08 Å². The second kappa shape index (κ2) is 3.29. The smallest absolute Gasteiger partial charge is 0.250 e. The third kappa shape index (κ3) is 1.43. The van der Waals surface area contributed by atoms with Crippen LogP contribution in [0.2, 0.25) is 0 Å². The number of rotatable bonds is 1. The molecule has 0 aromatic heterocycles. The number of nitrogens with one attached hydrogen (secondary N) is 1. The Labute approximate surface area is 81.8 Å². The zero-order valence-corrected chi connectivity index (χ0v) is 7.80. The molecule has 0 spiro atoms. The molecule has 4 heteroatoms. The number of hydrogen-bond acceptors (Lipinski definition) is 2. The first-order valence-corrected chi connectivity index (χ1v) is 4.70. The van der Waals surface area contributed by atoms with E-state index >= 15 is 0 Å². The van der Waals surface area contributed by atoms with Gasteiger partial charge in [0.05, 0.1) is 11.3 Å². The summed E-state index contributed by atoms with van der Waals surface area (Å²) in [5.74, 6) is -0.489. The van der Waals surface area contributed by atoms with Gasteiger partial charge in [0.15, 0.2) is 0 Å². The van der Waals surface area contributed by atoms with Crippen molar-refractivity contribution in [2.24, 2.45) is 5.73 Å². The van der Waals surface area contributed by atoms with Gasteiger partial charge in [0, 0.05) is 6.42 Å². The van der Waals surface area contributed by atoms with E-state index in [4.69, 9.17) is 5.73 Å². The van der Waals surface area contributed by atoms with Crippen molar-refractivity contribution in [3.63, 3.8) is 0 Å². The van der Waals surface area contributed by atoms with Crippen LogP contribution in [-0.2, 0) is 9.59 Å². The Kier molecular flexibility index (Phi) is 2.11. The van der Waals surface area contributed by atoms with E-state index in [2.05, 4.69) is 5.32 Å². The first-order valence-electron chi connectivity index (χ1n) is 4.70. The van der Waals surface area contributed by atoms with Crippen LogP contribution < -0.4 is 11.1 Å². The molecule has 2 amide bonds. The fourth-order valence-corrected chi connectivity index (χ4v) is 1.90. The van der Waals surface area contributed by atoms with Crippen LogP contribution in [0, 0.1) is 0 Å². The van der Waals surface area contributed by atoms with Crippen LogP contribution in [0.4, 0.5) is 0 Å². The van der Waals surface area contributed by atoms with E-state index in [1.165, 1.54) is 0 Å². The van der Waals surface area contributed by atoms with Crippen molar-refractivity contribution in [3.05, 3.63) is 22.9 Å². The molecule has 3 N–H and O–H groups in total. The second-order valence-corrected chi connectivity index (χ2v) is 3.55. The lowest BCUT2D eigenvalue weighted by molar-refractivity contribution is -0.120. The molecule has 14 heavy (non-hydrogen) atoms. The minimum absolute atomic E-state index is 0.0298. The topological polar surface area (TPSA) is 72.2 Å². The van der Waals surface area contributed by atoms with Crippen LogP contribution in [-0.4, -0.2) is 11.8 Å². The summed E-state index contributed by atoms with van der Waals surface area (Å²) in [6, 6.07) is 0. The van der Waals surface area contributed by atoms with Crippen LogP contribution in [0.3, 0.4) is 0 Å². The Morgan fingerprint density at radius 1 is 1.36 bits per heavy atom.